The maximum atomic E-state index is 9.87. The first kappa shape index (κ1) is 12.3. The van der Waals surface area contributed by atoms with Crippen molar-refractivity contribution in [1.29, 1.82) is 0 Å². The van der Waals surface area contributed by atoms with Gasteiger partial charge in [-0.15, -0.1) is 0 Å². The quantitative estimate of drug-likeness (QED) is 0.708. The smallest absolute Gasteiger partial charge is 0.303 e. The van der Waals surface area contributed by atoms with Gasteiger partial charge in [0, 0.05) is 39.1 Å². The molecular weight excluding hydrogens is 193 g/mol. The van der Waals surface area contributed by atoms with Crippen LogP contribution >= 0.6 is 0 Å². The van der Waals surface area contributed by atoms with Gasteiger partial charge < -0.3 is 5.11 Å². The van der Waals surface area contributed by atoms with E-state index in [0.717, 1.165) is 19.3 Å². The molecular formula is C6H12O2Y. The molecule has 0 bridgehead atoms. The van der Waals surface area contributed by atoms with Crippen LogP contribution in [0.25, 0.3) is 0 Å². The van der Waals surface area contributed by atoms with Crippen LogP contribution in [0.1, 0.15) is 32.6 Å². The molecule has 0 saturated carbocycles. The Hall–Kier alpha value is 0.574. The summed E-state index contributed by atoms with van der Waals surface area (Å²) in [7, 11) is 0. The van der Waals surface area contributed by atoms with Crippen LogP contribution in [0.15, 0.2) is 0 Å². The summed E-state index contributed by atoms with van der Waals surface area (Å²) in [5.41, 5.74) is 0. The molecule has 0 aromatic heterocycles. The minimum Gasteiger partial charge on any atom is -0.481 e. The van der Waals surface area contributed by atoms with Gasteiger partial charge in [-0.3, -0.25) is 4.79 Å². The normalized spacial score (nSPS) is 8.11. The van der Waals surface area contributed by atoms with E-state index in [0.29, 0.717) is 6.42 Å². The van der Waals surface area contributed by atoms with Crippen LogP contribution in [0.5, 0.6) is 0 Å². The Morgan fingerprint density at radius 2 is 2.00 bits per heavy atom. The number of carboxylic acids is 1. The van der Waals surface area contributed by atoms with Gasteiger partial charge in [-0.1, -0.05) is 19.8 Å². The van der Waals surface area contributed by atoms with E-state index in [-0.39, 0.29) is 32.7 Å². The summed E-state index contributed by atoms with van der Waals surface area (Å²) >= 11 is 0. The number of hydrogen-bond donors (Lipinski definition) is 1. The van der Waals surface area contributed by atoms with Crippen molar-refractivity contribution < 1.29 is 42.6 Å². The zero-order chi connectivity index (χ0) is 6.41. The third kappa shape index (κ3) is 11.9. The van der Waals surface area contributed by atoms with Crippen LogP contribution in [-0.2, 0) is 37.5 Å². The average molecular weight is 205 g/mol. The molecule has 0 spiro atoms. The standard InChI is InChI=1S/C6H12O2.Y/c1-2-3-4-5-6(7)8;/h2-5H2,1H3,(H,7,8);. The minimum absolute atomic E-state index is 0. The zero-order valence-corrected chi connectivity index (χ0v) is 8.60. The summed E-state index contributed by atoms with van der Waals surface area (Å²) in [5.74, 6) is -0.682. The minimum atomic E-state index is -0.682. The van der Waals surface area contributed by atoms with E-state index < -0.39 is 5.97 Å². The van der Waals surface area contributed by atoms with Crippen LogP contribution in [0.3, 0.4) is 0 Å². The number of hydrogen-bond acceptors (Lipinski definition) is 1. The molecule has 0 fully saturated rings. The van der Waals surface area contributed by atoms with E-state index in [1.54, 1.807) is 0 Å². The molecule has 0 heterocycles. The molecule has 3 heteroatoms. The fourth-order valence-electron chi connectivity index (χ4n) is 0.526. The summed E-state index contributed by atoms with van der Waals surface area (Å²) in [5, 5.41) is 8.14. The predicted octanol–water partition coefficient (Wildman–Crippen LogP) is 1.65. The van der Waals surface area contributed by atoms with Gasteiger partial charge in [0.15, 0.2) is 0 Å². The number of carboxylic acid groups (broad SMARTS) is 1. The first-order valence-electron chi connectivity index (χ1n) is 2.99. The van der Waals surface area contributed by atoms with E-state index >= 15 is 0 Å². The van der Waals surface area contributed by atoms with E-state index in [2.05, 4.69) is 6.92 Å². The van der Waals surface area contributed by atoms with Crippen LogP contribution in [0, 0.1) is 0 Å². The fourth-order valence-corrected chi connectivity index (χ4v) is 0.526. The Morgan fingerprint density at radius 1 is 1.44 bits per heavy atom. The Labute approximate surface area is 80.9 Å². The molecule has 0 saturated heterocycles. The van der Waals surface area contributed by atoms with Crippen molar-refractivity contribution in [3.8, 4) is 0 Å². The largest absolute Gasteiger partial charge is 0.481 e. The maximum Gasteiger partial charge on any atom is 0.303 e. The van der Waals surface area contributed by atoms with Crippen molar-refractivity contribution in [3.05, 3.63) is 0 Å². The molecule has 9 heavy (non-hydrogen) atoms. The van der Waals surface area contributed by atoms with Gasteiger partial charge in [-0.2, -0.15) is 0 Å². The first-order chi connectivity index (χ1) is 3.77. The molecule has 0 aromatic carbocycles. The van der Waals surface area contributed by atoms with Crippen LogP contribution in [0.2, 0.25) is 0 Å². The second kappa shape index (κ2) is 8.57. The maximum absolute atomic E-state index is 9.87. The molecule has 51 valence electrons. The van der Waals surface area contributed by atoms with E-state index in [1.165, 1.54) is 0 Å². The van der Waals surface area contributed by atoms with Crippen molar-refractivity contribution >= 4 is 5.97 Å². The summed E-state index contributed by atoms with van der Waals surface area (Å²) < 4.78 is 0. The Morgan fingerprint density at radius 3 is 2.33 bits per heavy atom. The summed E-state index contributed by atoms with van der Waals surface area (Å²) in [4.78, 5) is 9.87. The van der Waals surface area contributed by atoms with Crippen LogP contribution in [0.4, 0.5) is 0 Å². The number of aliphatic carboxylic acids is 1. The van der Waals surface area contributed by atoms with Gasteiger partial charge in [-0.05, 0) is 6.42 Å². The van der Waals surface area contributed by atoms with Gasteiger partial charge in [-0.25, -0.2) is 0 Å². The predicted molar refractivity (Wildman–Crippen MR) is 31.8 cm³/mol. The van der Waals surface area contributed by atoms with Gasteiger partial charge in [0.2, 0.25) is 0 Å². The van der Waals surface area contributed by atoms with Crippen LogP contribution < -0.4 is 0 Å². The molecule has 0 unspecified atom stereocenters. The molecule has 0 aromatic rings. The average Bonchev–Trinajstić information content (AvgIpc) is 1.66. The summed E-state index contributed by atoms with van der Waals surface area (Å²) in [6.07, 6.45) is 3.28. The van der Waals surface area contributed by atoms with E-state index in [1.807, 2.05) is 0 Å². The van der Waals surface area contributed by atoms with Gasteiger partial charge >= 0.3 is 5.97 Å². The third-order valence-corrected chi connectivity index (χ3v) is 0.994. The van der Waals surface area contributed by atoms with E-state index in [4.69, 9.17) is 5.11 Å². The number of carbonyl (C=O) groups is 1. The molecule has 0 rings (SSSR count). The molecule has 0 aliphatic rings. The summed E-state index contributed by atoms with van der Waals surface area (Å²) in [6, 6.07) is 0. The number of rotatable bonds is 4. The second-order valence-electron chi connectivity index (χ2n) is 1.85. The van der Waals surface area contributed by atoms with Gasteiger partial charge in [0.05, 0.1) is 0 Å². The first-order valence-corrected chi connectivity index (χ1v) is 2.99. The van der Waals surface area contributed by atoms with Crippen molar-refractivity contribution in [1.82, 2.24) is 0 Å². The molecule has 0 aliphatic heterocycles. The van der Waals surface area contributed by atoms with Crippen molar-refractivity contribution in [2.45, 2.75) is 32.6 Å². The topological polar surface area (TPSA) is 37.3 Å². The summed E-state index contributed by atoms with van der Waals surface area (Å²) in [6.45, 7) is 2.06. The Bertz CT molecular complexity index is 73.5. The monoisotopic (exact) mass is 205 g/mol. The second-order valence-corrected chi connectivity index (χ2v) is 1.85. The number of unbranched alkanes of at least 4 members (excludes halogenated alkanes) is 2. The van der Waals surface area contributed by atoms with Crippen LogP contribution in [-0.4, -0.2) is 11.1 Å². The zero-order valence-electron chi connectivity index (χ0n) is 5.76. The third-order valence-electron chi connectivity index (χ3n) is 0.994. The van der Waals surface area contributed by atoms with Crippen molar-refractivity contribution in [3.63, 3.8) is 0 Å². The molecule has 0 amide bonds. The Balaban J connectivity index is 0. The molecule has 2 nitrogen and oxygen atoms in total. The SMILES string of the molecule is CCCCCC(=O)O.[Y]. The molecule has 0 atom stereocenters. The van der Waals surface area contributed by atoms with Crippen molar-refractivity contribution in [2.24, 2.45) is 0 Å². The Kier molecular flexibility index (Phi) is 11.7. The molecule has 1 radical (unpaired) electrons. The van der Waals surface area contributed by atoms with Crippen molar-refractivity contribution in [2.75, 3.05) is 0 Å². The van der Waals surface area contributed by atoms with Gasteiger partial charge in [0.25, 0.3) is 0 Å². The fraction of sp³-hybridized carbons (Fsp3) is 0.833. The van der Waals surface area contributed by atoms with Gasteiger partial charge in [0.1, 0.15) is 0 Å². The van der Waals surface area contributed by atoms with E-state index in [9.17, 15) is 4.79 Å². The molecule has 1 N–H and O–H groups in total. The molecule has 0 aliphatic carbocycles.